The number of likely N-dealkylation sites (tertiary alicyclic amines) is 1. The van der Waals surface area contributed by atoms with E-state index in [-0.39, 0.29) is 36.5 Å². The second-order valence-electron chi connectivity index (χ2n) is 11.0. The number of carbonyl (C=O) groups excluding carboxylic acids is 4. The van der Waals surface area contributed by atoms with Crippen molar-refractivity contribution in [2.24, 2.45) is 5.92 Å². The van der Waals surface area contributed by atoms with Gasteiger partial charge in [0.25, 0.3) is 11.8 Å². The summed E-state index contributed by atoms with van der Waals surface area (Å²) in [5, 5.41) is 2.35. The second kappa shape index (κ2) is 11.2. The summed E-state index contributed by atoms with van der Waals surface area (Å²) in [6, 6.07) is 5.15. The maximum absolute atomic E-state index is 14.3. The van der Waals surface area contributed by atoms with Gasteiger partial charge in [-0.1, -0.05) is 19.9 Å². The van der Waals surface area contributed by atoms with Gasteiger partial charge in [-0.2, -0.15) is 13.2 Å². The van der Waals surface area contributed by atoms with Gasteiger partial charge in [0, 0.05) is 32.1 Å². The van der Waals surface area contributed by atoms with Crippen molar-refractivity contribution in [1.82, 2.24) is 15.1 Å². The number of nitrogens with one attached hydrogen (secondary N) is 1. The van der Waals surface area contributed by atoms with Crippen LogP contribution in [0.25, 0.3) is 0 Å². The summed E-state index contributed by atoms with van der Waals surface area (Å²) in [5.41, 5.74) is -3.30. The van der Waals surface area contributed by atoms with Gasteiger partial charge in [0.05, 0.1) is 16.0 Å². The minimum atomic E-state index is -4.81. The van der Waals surface area contributed by atoms with Crippen molar-refractivity contribution in [2.75, 3.05) is 31.3 Å². The highest BCUT2D eigenvalue weighted by Gasteiger charge is 2.58. The predicted octanol–water partition coefficient (Wildman–Crippen LogP) is 3.46. The molecule has 0 radical (unpaired) electrons. The van der Waals surface area contributed by atoms with E-state index < -0.39 is 74.2 Å². The molecule has 4 rings (SSSR count). The Morgan fingerprint density at radius 3 is 2.21 bits per heavy atom. The van der Waals surface area contributed by atoms with Crippen LogP contribution in [0.5, 0.6) is 0 Å². The lowest BCUT2D eigenvalue weighted by Crippen LogP contribution is -2.60. The van der Waals surface area contributed by atoms with Gasteiger partial charge < -0.3 is 10.2 Å². The van der Waals surface area contributed by atoms with E-state index in [4.69, 9.17) is 0 Å². The molecule has 0 aromatic heterocycles. The highest BCUT2D eigenvalue weighted by molar-refractivity contribution is 7.90. The molecule has 1 N–H and O–H groups in total. The van der Waals surface area contributed by atoms with Gasteiger partial charge in [-0.05, 0) is 55.2 Å². The van der Waals surface area contributed by atoms with Crippen LogP contribution in [0.3, 0.4) is 0 Å². The number of hydrogen-bond acceptors (Lipinski definition) is 6. The summed E-state index contributed by atoms with van der Waals surface area (Å²) in [4.78, 5) is 56.4. The maximum Gasteiger partial charge on any atom is 0.416 e. The second-order valence-corrected chi connectivity index (χ2v) is 13.0. The van der Waals surface area contributed by atoms with Crippen LogP contribution in [0.15, 0.2) is 47.4 Å². The first-order chi connectivity index (χ1) is 19.9. The van der Waals surface area contributed by atoms with Crippen LogP contribution in [0.4, 0.5) is 28.0 Å². The first-order valence-electron chi connectivity index (χ1n) is 13.3. The summed E-state index contributed by atoms with van der Waals surface area (Å²) in [5.74, 6) is -4.05. The quantitative estimate of drug-likeness (QED) is 0.387. The number of benzene rings is 2. The van der Waals surface area contributed by atoms with Crippen molar-refractivity contribution in [3.63, 3.8) is 0 Å². The molecule has 15 heteroatoms. The fourth-order valence-corrected chi connectivity index (χ4v) is 6.04. The summed E-state index contributed by atoms with van der Waals surface area (Å²) in [6.07, 6.45) is -3.83. The van der Waals surface area contributed by atoms with Crippen LogP contribution in [0, 0.1) is 11.7 Å². The maximum atomic E-state index is 14.3. The number of carbonyl (C=O) groups is 4. The zero-order chi connectivity index (χ0) is 32.1. The van der Waals surface area contributed by atoms with E-state index in [1.165, 1.54) is 41.1 Å². The number of rotatable bonds is 6. The number of amides is 5. The van der Waals surface area contributed by atoms with Gasteiger partial charge in [-0.15, -0.1) is 0 Å². The molecule has 0 aliphatic carbocycles. The van der Waals surface area contributed by atoms with Gasteiger partial charge in [0.15, 0.2) is 9.84 Å². The highest BCUT2D eigenvalue weighted by atomic mass is 32.2. The van der Waals surface area contributed by atoms with Crippen LogP contribution in [-0.2, 0) is 25.6 Å². The predicted molar refractivity (Wildman–Crippen MR) is 146 cm³/mol. The van der Waals surface area contributed by atoms with Crippen molar-refractivity contribution >= 4 is 39.3 Å². The fourth-order valence-electron chi connectivity index (χ4n) is 5.38. The van der Waals surface area contributed by atoms with E-state index in [2.05, 4.69) is 5.32 Å². The van der Waals surface area contributed by atoms with Crippen molar-refractivity contribution < 1.29 is 45.2 Å². The van der Waals surface area contributed by atoms with Crippen LogP contribution >= 0.6 is 0 Å². The van der Waals surface area contributed by atoms with E-state index in [0.29, 0.717) is 18.2 Å². The van der Waals surface area contributed by atoms with E-state index >= 15 is 0 Å². The molecule has 2 aliphatic rings. The largest absolute Gasteiger partial charge is 0.416 e. The Labute approximate surface area is 245 Å². The Balaban J connectivity index is 1.56. The number of sulfone groups is 1. The molecule has 0 unspecified atom stereocenters. The number of anilines is 1. The summed E-state index contributed by atoms with van der Waals surface area (Å²) >= 11 is 0. The van der Waals surface area contributed by atoms with Gasteiger partial charge in [0.2, 0.25) is 5.91 Å². The average Bonchev–Trinajstić information content (AvgIpc) is 3.11. The fraction of sp³-hybridized carbons (Fsp3) is 0.429. The number of imide groups is 1. The van der Waals surface area contributed by atoms with Crippen LogP contribution in [0.2, 0.25) is 0 Å². The number of urea groups is 1. The van der Waals surface area contributed by atoms with Crippen molar-refractivity contribution in [3.8, 4) is 0 Å². The first-order valence-corrected chi connectivity index (χ1v) is 15.2. The zero-order valence-electron chi connectivity index (χ0n) is 23.7. The third-order valence-corrected chi connectivity index (χ3v) is 8.88. The Kier molecular flexibility index (Phi) is 8.35. The standard InChI is InChI=1S/C28H30F4N4O6S/c1-16(2)22(33-23(37)20-14-17(28(30,31)32)8-9-21(20)29)24(38)35-12-10-27(11-13-35)25(39)34(3)26(40)36(27)18-6-5-7-19(15-18)43(4,41)42/h5-9,14-16,22H,10-13H2,1-4H3,(H,33,37)/t22-/m1/s1. The Bertz CT molecular complexity index is 1590. The zero-order valence-corrected chi connectivity index (χ0v) is 24.6. The minimum Gasteiger partial charge on any atom is -0.341 e. The SMILES string of the molecule is CC(C)[C@@H](NC(=O)c1cc(C(F)(F)F)ccc1F)C(=O)N1CCC2(CC1)C(=O)N(C)C(=O)N2c1cccc(S(C)(=O)=O)c1. The lowest BCUT2D eigenvalue weighted by Gasteiger charge is -2.43. The smallest absolute Gasteiger partial charge is 0.341 e. The van der Waals surface area contributed by atoms with E-state index in [1.54, 1.807) is 13.8 Å². The molecule has 2 saturated heterocycles. The summed E-state index contributed by atoms with van der Waals surface area (Å²) in [6.45, 7) is 3.12. The number of halogens is 4. The molecule has 2 aromatic carbocycles. The molecule has 1 atom stereocenters. The molecule has 0 saturated carbocycles. The van der Waals surface area contributed by atoms with Crippen LogP contribution < -0.4 is 10.2 Å². The molecule has 0 bridgehead atoms. The number of hydrogen-bond donors (Lipinski definition) is 1. The molecular formula is C28H30F4N4O6S. The molecule has 2 aromatic rings. The van der Waals surface area contributed by atoms with E-state index in [1.807, 2.05) is 0 Å². The van der Waals surface area contributed by atoms with Crippen molar-refractivity contribution in [3.05, 3.63) is 59.4 Å². The van der Waals surface area contributed by atoms with Gasteiger partial charge >= 0.3 is 12.2 Å². The third-order valence-electron chi connectivity index (χ3n) is 7.77. The molecular weight excluding hydrogens is 596 g/mol. The highest BCUT2D eigenvalue weighted by Crippen LogP contribution is 2.41. The monoisotopic (exact) mass is 626 g/mol. The number of nitrogens with zero attached hydrogens (tertiary/aromatic N) is 3. The minimum absolute atomic E-state index is 0.0161. The van der Waals surface area contributed by atoms with E-state index in [9.17, 15) is 45.2 Å². The van der Waals surface area contributed by atoms with Gasteiger partial charge in [-0.3, -0.25) is 24.2 Å². The molecule has 2 aliphatic heterocycles. The molecule has 5 amide bonds. The molecule has 10 nitrogen and oxygen atoms in total. The van der Waals surface area contributed by atoms with Crippen LogP contribution in [-0.4, -0.2) is 79.9 Å². The third kappa shape index (κ3) is 5.94. The topological polar surface area (TPSA) is 124 Å². The summed E-state index contributed by atoms with van der Waals surface area (Å²) < 4.78 is 78.0. The van der Waals surface area contributed by atoms with Crippen molar-refractivity contribution in [2.45, 2.75) is 49.3 Å². The Morgan fingerprint density at radius 1 is 1.02 bits per heavy atom. The normalized spacial score (nSPS) is 18.0. The molecule has 232 valence electrons. The molecule has 43 heavy (non-hydrogen) atoms. The average molecular weight is 627 g/mol. The lowest BCUT2D eigenvalue weighted by atomic mass is 9.85. The number of piperidine rings is 1. The van der Waals surface area contributed by atoms with Gasteiger partial charge in [-0.25, -0.2) is 17.6 Å². The Morgan fingerprint density at radius 2 is 1.65 bits per heavy atom. The Hall–Kier alpha value is -4.01. The molecule has 2 fully saturated rings. The number of alkyl halides is 3. The number of likely N-dealkylation sites (N-methyl/N-ethyl adjacent to an activating group) is 1. The lowest BCUT2D eigenvalue weighted by molar-refractivity contribution is -0.139. The van der Waals surface area contributed by atoms with Crippen molar-refractivity contribution in [1.29, 1.82) is 0 Å². The molecule has 1 spiro atoms. The summed E-state index contributed by atoms with van der Waals surface area (Å²) in [7, 11) is -2.32. The van der Waals surface area contributed by atoms with E-state index in [0.717, 1.165) is 11.2 Å². The van der Waals surface area contributed by atoms with Crippen LogP contribution in [0.1, 0.15) is 42.6 Å². The molecule has 2 heterocycles. The first kappa shape index (κ1) is 31.9. The van der Waals surface area contributed by atoms with Gasteiger partial charge in [0.1, 0.15) is 17.4 Å².